The molecular formula is C18H15Cl2N3O2. The Morgan fingerprint density at radius 2 is 1.88 bits per heavy atom. The van der Waals surface area contributed by atoms with Gasteiger partial charge in [-0.2, -0.15) is 0 Å². The second-order valence-electron chi connectivity index (χ2n) is 5.40. The molecule has 0 radical (unpaired) electrons. The first-order valence-corrected chi connectivity index (χ1v) is 8.46. The highest BCUT2D eigenvalue weighted by Gasteiger charge is 2.15. The van der Waals surface area contributed by atoms with E-state index in [0.29, 0.717) is 28.9 Å². The van der Waals surface area contributed by atoms with Crippen molar-refractivity contribution in [2.45, 2.75) is 12.8 Å². The molecule has 0 unspecified atom stereocenters. The molecule has 0 saturated carbocycles. The second kappa shape index (κ2) is 8.14. The third kappa shape index (κ3) is 4.81. The van der Waals surface area contributed by atoms with Gasteiger partial charge in [0.05, 0.1) is 6.42 Å². The maximum Gasteiger partial charge on any atom is 0.308 e. The Hall–Kier alpha value is -2.37. The molecule has 0 bridgehead atoms. The Labute approximate surface area is 155 Å². The molecule has 1 N–H and O–H groups in total. The lowest BCUT2D eigenvalue weighted by atomic mass is 10.1. The summed E-state index contributed by atoms with van der Waals surface area (Å²) in [5.41, 5.74) is 1.94. The number of carbonyl (C=O) groups is 1. The van der Waals surface area contributed by atoms with E-state index in [1.807, 2.05) is 30.3 Å². The number of halogens is 2. The third-order valence-corrected chi connectivity index (χ3v) is 4.15. The van der Waals surface area contributed by atoms with Crippen LogP contribution < -0.4 is 5.32 Å². The van der Waals surface area contributed by atoms with Crippen LogP contribution in [0.1, 0.15) is 27.7 Å². The van der Waals surface area contributed by atoms with Crippen molar-refractivity contribution in [3.8, 4) is 0 Å². The summed E-state index contributed by atoms with van der Waals surface area (Å²) in [4.78, 5) is 12.1. The molecule has 0 spiro atoms. The van der Waals surface area contributed by atoms with Crippen molar-refractivity contribution in [1.29, 1.82) is 0 Å². The van der Waals surface area contributed by atoms with E-state index in [1.165, 1.54) is 0 Å². The van der Waals surface area contributed by atoms with E-state index >= 15 is 0 Å². The average molecular weight is 376 g/mol. The Kier molecular flexibility index (Phi) is 5.68. The Morgan fingerprint density at radius 3 is 2.64 bits per heavy atom. The molecule has 0 aliphatic rings. The normalized spacial score (nSPS) is 10.6. The quantitative estimate of drug-likeness (QED) is 0.708. The Morgan fingerprint density at radius 1 is 1.08 bits per heavy atom. The van der Waals surface area contributed by atoms with Gasteiger partial charge in [-0.15, -0.1) is 10.2 Å². The molecule has 1 heterocycles. The fraction of sp³-hybridized carbons (Fsp3) is 0.167. The number of amides is 1. The van der Waals surface area contributed by atoms with Crippen LogP contribution in [-0.4, -0.2) is 22.6 Å². The van der Waals surface area contributed by atoms with Crippen LogP contribution >= 0.6 is 23.2 Å². The number of carbonyl (C=O) groups excluding carboxylic acids is 1. The van der Waals surface area contributed by atoms with E-state index < -0.39 is 5.91 Å². The van der Waals surface area contributed by atoms with E-state index in [1.54, 1.807) is 18.2 Å². The number of rotatable bonds is 6. The predicted octanol–water partition coefficient (Wildman–Crippen LogP) is 3.94. The largest absolute Gasteiger partial charge is 0.417 e. The maximum atomic E-state index is 12.1. The Balaban J connectivity index is 1.56. The molecule has 0 atom stereocenters. The van der Waals surface area contributed by atoms with Crippen molar-refractivity contribution in [2.75, 3.05) is 6.54 Å². The van der Waals surface area contributed by atoms with Gasteiger partial charge in [0.2, 0.25) is 5.89 Å². The van der Waals surface area contributed by atoms with Crippen LogP contribution in [-0.2, 0) is 12.8 Å². The summed E-state index contributed by atoms with van der Waals surface area (Å²) < 4.78 is 5.41. The number of hydrogen-bond acceptors (Lipinski definition) is 4. The molecule has 3 aromatic rings. The smallest absolute Gasteiger partial charge is 0.308 e. The minimum absolute atomic E-state index is 0.0619. The van der Waals surface area contributed by atoms with Gasteiger partial charge >= 0.3 is 11.8 Å². The summed E-state index contributed by atoms with van der Waals surface area (Å²) in [7, 11) is 0. The molecule has 5 nitrogen and oxygen atoms in total. The third-order valence-electron chi connectivity index (χ3n) is 3.56. The van der Waals surface area contributed by atoms with Crippen LogP contribution in [0.4, 0.5) is 0 Å². The predicted molar refractivity (Wildman–Crippen MR) is 96.0 cm³/mol. The molecule has 25 heavy (non-hydrogen) atoms. The molecule has 0 fully saturated rings. The van der Waals surface area contributed by atoms with E-state index in [9.17, 15) is 4.79 Å². The number of benzene rings is 2. The lowest BCUT2D eigenvalue weighted by Crippen LogP contribution is -2.26. The topological polar surface area (TPSA) is 68.0 Å². The molecular weight excluding hydrogens is 361 g/mol. The van der Waals surface area contributed by atoms with Crippen LogP contribution in [0.5, 0.6) is 0 Å². The Bertz CT molecular complexity index is 866. The van der Waals surface area contributed by atoms with Crippen LogP contribution in [0, 0.1) is 0 Å². The molecule has 0 saturated heterocycles. The van der Waals surface area contributed by atoms with E-state index in [-0.39, 0.29) is 5.89 Å². The maximum absolute atomic E-state index is 12.1. The van der Waals surface area contributed by atoms with Gasteiger partial charge in [-0.1, -0.05) is 59.6 Å². The van der Waals surface area contributed by atoms with Crippen molar-refractivity contribution in [3.63, 3.8) is 0 Å². The molecule has 1 aromatic heterocycles. The monoisotopic (exact) mass is 375 g/mol. The van der Waals surface area contributed by atoms with E-state index in [0.717, 1.165) is 17.5 Å². The number of nitrogens with one attached hydrogen (secondary N) is 1. The zero-order valence-corrected chi connectivity index (χ0v) is 14.7. The fourth-order valence-corrected chi connectivity index (χ4v) is 2.76. The van der Waals surface area contributed by atoms with Gasteiger partial charge in [0.15, 0.2) is 0 Å². The van der Waals surface area contributed by atoms with Gasteiger partial charge in [0, 0.05) is 16.6 Å². The summed E-state index contributed by atoms with van der Waals surface area (Å²) in [6.07, 6.45) is 1.06. The zero-order chi connectivity index (χ0) is 17.6. The fourth-order valence-electron chi connectivity index (χ4n) is 2.29. The van der Waals surface area contributed by atoms with Gasteiger partial charge in [-0.05, 0) is 29.7 Å². The standard InChI is InChI=1S/C18H15Cl2N3O2/c19-14-7-6-13(15(20)11-14)10-16-22-23-18(25-16)17(24)21-9-8-12-4-2-1-3-5-12/h1-7,11H,8-10H2,(H,21,24). The number of aromatic nitrogens is 2. The molecule has 7 heteroatoms. The summed E-state index contributed by atoms with van der Waals surface area (Å²) in [5, 5.41) is 11.5. The zero-order valence-electron chi connectivity index (χ0n) is 13.2. The summed E-state index contributed by atoms with van der Waals surface area (Å²) in [5.74, 6) is -0.137. The highest BCUT2D eigenvalue weighted by atomic mass is 35.5. The molecule has 0 aliphatic heterocycles. The number of hydrogen-bond donors (Lipinski definition) is 1. The first-order valence-electron chi connectivity index (χ1n) is 7.70. The molecule has 2 aromatic carbocycles. The lowest BCUT2D eigenvalue weighted by Gasteiger charge is -2.02. The minimum Gasteiger partial charge on any atom is -0.417 e. The van der Waals surface area contributed by atoms with E-state index in [2.05, 4.69) is 15.5 Å². The van der Waals surface area contributed by atoms with Gasteiger partial charge in [0.1, 0.15) is 0 Å². The van der Waals surface area contributed by atoms with Crippen molar-refractivity contribution < 1.29 is 9.21 Å². The van der Waals surface area contributed by atoms with Gasteiger partial charge in [-0.3, -0.25) is 4.79 Å². The molecule has 128 valence electrons. The molecule has 0 aliphatic carbocycles. The van der Waals surface area contributed by atoms with Gasteiger partial charge < -0.3 is 9.73 Å². The molecule has 3 rings (SSSR count). The van der Waals surface area contributed by atoms with Crippen molar-refractivity contribution in [3.05, 3.63) is 81.5 Å². The lowest BCUT2D eigenvalue weighted by molar-refractivity contribution is 0.0918. The molecule has 1 amide bonds. The van der Waals surface area contributed by atoms with Crippen LogP contribution in [0.25, 0.3) is 0 Å². The second-order valence-corrected chi connectivity index (χ2v) is 6.25. The van der Waals surface area contributed by atoms with Crippen LogP contribution in [0.2, 0.25) is 10.0 Å². The number of nitrogens with zero attached hydrogens (tertiary/aromatic N) is 2. The highest BCUT2D eigenvalue weighted by molar-refractivity contribution is 6.35. The average Bonchev–Trinajstić information content (AvgIpc) is 3.07. The first-order chi connectivity index (χ1) is 12.1. The van der Waals surface area contributed by atoms with Gasteiger partial charge in [-0.25, -0.2) is 0 Å². The van der Waals surface area contributed by atoms with Crippen molar-refractivity contribution in [1.82, 2.24) is 15.5 Å². The summed E-state index contributed by atoms with van der Waals surface area (Å²) in [6, 6.07) is 15.1. The van der Waals surface area contributed by atoms with Gasteiger partial charge in [0.25, 0.3) is 0 Å². The highest BCUT2D eigenvalue weighted by Crippen LogP contribution is 2.23. The summed E-state index contributed by atoms with van der Waals surface area (Å²) in [6.45, 7) is 0.490. The van der Waals surface area contributed by atoms with Crippen molar-refractivity contribution >= 4 is 29.1 Å². The van der Waals surface area contributed by atoms with Crippen LogP contribution in [0.15, 0.2) is 52.9 Å². The van der Waals surface area contributed by atoms with Crippen molar-refractivity contribution in [2.24, 2.45) is 0 Å². The SMILES string of the molecule is O=C(NCCc1ccccc1)c1nnc(Cc2ccc(Cl)cc2Cl)o1. The van der Waals surface area contributed by atoms with E-state index in [4.69, 9.17) is 27.6 Å². The van der Waals surface area contributed by atoms with Crippen LogP contribution in [0.3, 0.4) is 0 Å². The minimum atomic E-state index is -0.392. The first kappa shape index (κ1) is 17.5. The summed E-state index contributed by atoms with van der Waals surface area (Å²) >= 11 is 12.0.